The number of carbonyl (C=O) groups is 3. The number of imide groups is 1. The van der Waals surface area contributed by atoms with E-state index in [-0.39, 0.29) is 23.5 Å². The molecule has 37 heavy (non-hydrogen) atoms. The lowest BCUT2D eigenvalue weighted by Crippen LogP contribution is -2.58. The van der Waals surface area contributed by atoms with Gasteiger partial charge in [-0.05, 0) is 36.6 Å². The highest BCUT2D eigenvalue weighted by Gasteiger charge is 2.44. The van der Waals surface area contributed by atoms with Crippen LogP contribution >= 0.6 is 0 Å². The van der Waals surface area contributed by atoms with E-state index in [0.29, 0.717) is 24.7 Å². The Labute approximate surface area is 214 Å². The van der Waals surface area contributed by atoms with Crippen LogP contribution in [0.4, 0.5) is 5.69 Å². The number of benzene rings is 2. The first-order valence-corrected chi connectivity index (χ1v) is 12.8. The van der Waals surface area contributed by atoms with Crippen LogP contribution in [0.1, 0.15) is 58.4 Å². The van der Waals surface area contributed by atoms with Crippen LogP contribution in [0, 0.1) is 10.1 Å². The Morgan fingerprint density at radius 3 is 2.19 bits per heavy atom. The van der Waals surface area contributed by atoms with Crippen molar-refractivity contribution in [1.29, 1.82) is 0 Å². The van der Waals surface area contributed by atoms with Crippen molar-refractivity contribution in [3.63, 3.8) is 0 Å². The molecule has 1 N–H and O–H groups in total. The van der Waals surface area contributed by atoms with Gasteiger partial charge in [0.05, 0.1) is 16.1 Å². The lowest BCUT2D eigenvalue weighted by atomic mass is 9.93. The standard InChI is InChI=1S/C27H30N4O6/c32-24-11-10-18(16-22(24)31(36)37)17-23(30-25(33)20-8-4-5-9-21(20)26(30)34)27(35)29-14-12-28(13-15-29)19-6-2-1-3-7-19/h4-5,8-11,16,19,23,32H,1-3,6-7,12-15,17H2. The van der Waals surface area contributed by atoms with E-state index in [9.17, 15) is 29.6 Å². The Morgan fingerprint density at radius 1 is 0.973 bits per heavy atom. The van der Waals surface area contributed by atoms with Gasteiger partial charge in [-0.25, -0.2) is 0 Å². The van der Waals surface area contributed by atoms with Gasteiger partial charge in [0.2, 0.25) is 5.91 Å². The van der Waals surface area contributed by atoms with E-state index < -0.39 is 34.2 Å². The van der Waals surface area contributed by atoms with Crippen LogP contribution in [-0.2, 0) is 11.2 Å². The van der Waals surface area contributed by atoms with Crippen molar-refractivity contribution in [2.24, 2.45) is 0 Å². The van der Waals surface area contributed by atoms with Gasteiger partial charge in [0.1, 0.15) is 6.04 Å². The van der Waals surface area contributed by atoms with Crippen molar-refractivity contribution in [2.45, 2.75) is 50.6 Å². The van der Waals surface area contributed by atoms with Crippen molar-refractivity contribution in [1.82, 2.24) is 14.7 Å². The molecule has 2 aromatic rings. The van der Waals surface area contributed by atoms with E-state index in [0.717, 1.165) is 18.0 Å². The van der Waals surface area contributed by atoms with Crippen LogP contribution in [0.25, 0.3) is 0 Å². The zero-order chi connectivity index (χ0) is 26.1. The summed E-state index contributed by atoms with van der Waals surface area (Å²) in [5.41, 5.74) is 0.362. The molecular formula is C27H30N4O6. The van der Waals surface area contributed by atoms with E-state index in [1.807, 2.05) is 0 Å². The van der Waals surface area contributed by atoms with Crippen LogP contribution in [0.3, 0.4) is 0 Å². The number of aromatic hydroxyl groups is 1. The van der Waals surface area contributed by atoms with Crippen molar-refractivity contribution in [2.75, 3.05) is 26.2 Å². The van der Waals surface area contributed by atoms with Crippen LogP contribution in [0.15, 0.2) is 42.5 Å². The Hall–Kier alpha value is -3.79. The number of amides is 3. The number of hydrogen-bond acceptors (Lipinski definition) is 7. The van der Waals surface area contributed by atoms with Crippen LogP contribution < -0.4 is 0 Å². The molecule has 0 aromatic heterocycles. The highest BCUT2D eigenvalue weighted by Crippen LogP contribution is 2.31. The summed E-state index contributed by atoms with van der Waals surface area (Å²) in [5.74, 6) is -1.94. The van der Waals surface area contributed by atoms with E-state index in [4.69, 9.17) is 0 Å². The minimum Gasteiger partial charge on any atom is -0.502 e. The van der Waals surface area contributed by atoms with Gasteiger partial charge in [0.25, 0.3) is 11.8 Å². The summed E-state index contributed by atoms with van der Waals surface area (Å²) in [6.45, 7) is 2.45. The van der Waals surface area contributed by atoms with Crippen molar-refractivity contribution >= 4 is 23.4 Å². The first-order chi connectivity index (χ1) is 17.8. The summed E-state index contributed by atoms with van der Waals surface area (Å²) in [4.78, 5) is 56.2. The molecule has 2 fully saturated rings. The van der Waals surface area contributed by atoms with Crippen molar-refractivity contribution in [3.8, 4) is 5.75 Å². The molecule has 2 heterocycles. The number of nitrogens with zero attached hydrogens (tertiary/aromatic N) is 4. The molecule has 1 saturated carbocycles. The second kappa shape index (κ2) is 10.3. The molecule has 0 radical (unpaired) electrons. The van der Waals surface area contributed by atoms with E-state index in [1.54, 1.807) is 29.2 Å². The van der Waals surface area contributed by atoms with Gasteiger partial charge in [-0.1, -0.05) is 37.5 Å². The maximum absolute atomic E-state index is 13.9. The number of fused-ring (bicyclic) bond motifs is 1. The first-order valence-electron chi connectivity index (χ1n) is 12.8. The van der Waals surface area contributed by atoms with Gasteiger partial charge in [-0.3, -0.25) is 34.3 Å². The molecular weight excluding hydrogens is 476 g/mol. The smallest absolute Gasteiger partial charge is 0.310 e. The van der Waals surface area contributed by atoms with Gasteiger partial charge in [-0.2, -0.15) is 0 Å². The summed E-state index contributed by atoms with van der Waals surface area (Å²) < 4.78 is 0. The Morgan fingerprint density at radius 2 is 1.59 bits per heavy atom. The summed E-state index contributed by atoms with van der Waals surface area (Å²) in [5, 5.41) is 21.2. The Balaban J connectivity index is 1.40. The molecule has 10 nitrogen and oxygen atoms in total. The minimum atomic E-state index is -1.15. The van der Waals surface area contributed by atoms with E-state index in [2.05, 4.69) is 4.90 Å². The maximum atomic E-state index is 13.9. The zero-order valence-corrected chi connectivity index (χ0v) is 20.5. The zero-order valence-electron chi connectivity index (χ0n) is 20.5. The monoisotopic (exact) mass is 506 g/mol. The molecule has 1 unspecified atom stereocenters. The predicted molar refractivity (Wildman–Crippen MR) is 134 cm³/mol. The third kappa shape index (κ3) is 4.81. The minimum absolute atomic E-state index is 0.0890. The highest BCUT2D eigenvalue weighted by molar-refractivity contribution is 6.22. The van der Waals surface area contributed by atoms with Crippen LogP contribution in [0.2, 0.25) is 0 Å². The predicted octanol–water partition coefficient (Wildman–Crippen LogP) is 2.98. The van der Waals surface area contributed by atoms with Gasteiger partial charge >= 0.3 is 5.69 Å². The van der Waals surface area contributed by atoms with Crippen LogP contribution in [-0.4, -0.2) is 80.7 Å². The third-order valence-electron chi connectivity index (χ3n) is 7.80. The van der Waals surface area contributed by atoms with Gasteiger partial charge in [0.15, 0.2) is 5.75 Å². The lowest BCUT2D eigenvalue weighted by molar-refractivity contribution is -0.385. The van der Waals surface area contributed by atoms with Crippen molar-refractivity contribution in [3.05, 3.63) is 69.3 Å². The summed E-state index contributed by atoms with van der Waals surface area (Å²) in [6, 6.07) is 9.69. The van der Waals surface area contributed by atoms with E-state index in [1.165, 1.54) is 50.3 Å². The highest BCUT2D eigenvalue weighted by atomic mass is 16.6. The fourth-order valence-corrected chi connectivity index (χ4v) is 5.81. The van der Waals surface area contributed by atoms with Gasteiger partial charge in [0, 0.05) is 44.7 Å². The molecule has 2 aliphatic heterocycles. The van der Waals surface area contributed by atoms with E-state index >= 15 is 0 Å². The fourth-order valence-electron chi connectivity index (χ4n) is 5.81. The topological polar surface area (TPSA) is 124 Å². The number of phenolic OH excluding ortho intramolecular Hbond substituents is 1. The molecule has 1 atom stereocenters. The number of phenols is 1. The average molecular weight is 507 g/mol. The molecule has 3 amide bonds. The molecule has 194 valence electrons. The third-order valence-corrected chi connectivity index (χ3v) is 7.80. The Kier molecular flexibility index (Phi) is 6.92. The lowest BCUT2D eigenvalue weighted by Gasteiger charge is -2.42. The molecule has 1 saturated heterocycles. The molecule has 3 aliphatic rings. The number of carbonyl (C=O) groups excluding carboxylic acids is 3. The molecule has 5 rings (SSSR count). The molecule has 10 heteroatoms. The maximum Gasteiger partial charge on any atom is 0.310 e. The quantitative estimate of drug-likeness (QED) is 0.363. The molecule has 0 spiro atoms. The number of piperazine rings is 1. The van der Waals surface area contributed by atoms with Crippen molar-refractivity contribution < 1.29 is 24.4 Å². The number of nitro benzene ring substituents is 1. The molecule has 2 aromatic carbocycles. The van der Waals surface area contributed by atoms with Gasteiger partial charge in [-0.15, -0.1) is 0 Å². The van der Waals surface area contributed by atoms with Crippen LogP contribution in [0.5, 0.6) is 5.75 Å². The summed E-state index contributed by atoms with van der Waals surface area (Å²) in [7, 11) is 0. The second-order valence-corrected chi connectivity index (χ2v) is 9.98. The number of hydrogen-bond donors (Lipinski definition) is 1. The second-order valence-electron chi connectivity index (χ2n) is 9.98. The first kappa shape index (κ1) is 24.9. The largest absolute Gasteiger partial charge is 0.502 e. The number of nitro groups is 1. The molecule has 1 aliphatic carbocycles. The SMILES string of the molecule is O=C(C(Cc1ccc(O)c([N+](=O)[O-])c1)N1C(=O)c2ccccc2C1=O)N1CCN(C2CCCCC2)CC1. The summed E-state index contributed by atoms with van der Waals surface area (Å²) in [6.07, 6.45) is 5.98. The van der Waals surface area contributed by atoms with Gasteiger partial charge < -0.3 is 10.0 Å². The number of rotatable bonds is 6. The average Bonchev–Trinajstić information content (AvgIpc) is 3.18. The summed E-state index contributed by atoms with van der Waals surface area (Å²) >= 11 is 0. The Bertz CT molecular complexity index is 1200. The normalized spacial score (nSPS) is 19.7. The molecule has 0 bridgehead atoms. The fraction of sp³-hybridized carbons (Fsp3) is 0.444.